The van der Waals surface area contributed by atoms with Crippen LogP contribution in [0.25, 0.3) is 0 Å². The molecule has 0 spiro atoms. The predicted molar refractivity (Wildman–Crippen MR) is 112 cm³/mol. The zero-order chi connectivity index (χ0) is 21.7. The number of carbonyl (C=O) groups is 3. The van der Waals surface area contributed by atoms with E-state index in [4.69, 9.17) is 4.52 Å². The maximum atomic E-state index is 13.2. The summed E-state index contributed by atoms with van der Waals surface area (Å²) >= 11 is 0. The Morgan fingerprint density at radius 3 is 2.30 bits per heavy atom. The molecule has 6 heteroatoms. The van der Waals surface area contributed by atoms with E-state index in [0.29, 0.717) is 48.3 Å². The lowest BCUT2D eigenvalue weighted by Gasteiger charge is -2.36. The van der Waals surface area contributed by atoms with Crippen LogP contribution in [0.4, 0.5) is 0 Å². The first-order valence-electron chi connectivity index (χ1n) is 11.1. The van der Waals surface area contributed by atoms with Gasteiger partial charge in [-0.3, -0.25) is 14.4 Å². The molecule has 2 heterocycles. The molecule has 162 valence electrons. The van der Waals surface area contributed by atoms with Gasteiger partial charge in [-0.15, -0.1) is 0 Å². The summed E-state index contributed by atoms with van der Waals surface area (Å²) in [6, 6.07) is 0. The lowest BCUT2D eigenvalue weighted by atomic mass is 9.74. The van der Waals surface area contributed by atoms with Gasteiger partial charge in [-0.05, 0) is 30.1 Å². The van der Waals surface area contributed by atoms with Crippen LogP contribution in [0.15, 0.2) is 15.8 Å². The van der Waals surface area contributed by atoms with Crippen LogP contribution in [0.1, 0.15) is 88.0 Å². The lowest BCUT2D eigenvalue weighted by Crippen LogP contribution is -2.35. The van der Waals surface area contributed by atoms with Crippen molar-refractivity contribution < 1.29 is 18.9 Å². The number of allylic oxidation sites excluding steroid dienone is 2. The van der Waals surface area contributed by atoms with E-state index in [0.717, 1.165) is 38.0 Å². The summed E-state index contributed by atoms with van der Waals surface area (Å²) in [5.74, 6) is 0.500. The van der Waals surface area contributed by atoms with Crippen LogP contribution in [0.3, 0.4) is 0 Å². The van der Waals surface area contributed by atoms with Gasteiger partial charge in [0.15, 0.2) is 17.3 Å². The first kappa shape index (κ1) is 21.0. The van der Waals surface area contributed by atoms with E-state index < -0.39 is 0 Å². The number of likely N-dealkylation sites (tertiary alicyclic amines) is 1. The highest BCUT2D eigenvalue weighted by Crippen LogP contribution is 2.40. The molecule has 0 saturated carbocycles. The number of fused-ring (bicyclic) bond motifs is 1. The number of hydrogen-bond acceptors (Lipinski definition) is 6. The number of ketones is 3. The fraction of sp³-hybridized carbons (Fsp3) is 0.667. The molecule has 0 aromatic carbocycles. The van der Waals surface area contributed by atoms with Gasteiger partial charge in [0.05, 0.1) is 16.8 Å². The standard InChI is InChI=1S/C24H32N2O4/c1-23(2)11-16(26-9-5-6-10-26)22(19(29)13-23)17(27)8-7-15-21-18(28)12-24(3,4)14-20(21)30-25-15/h5-14H2,1-4H3. The Morgan fingerprint density at radius 2 is 1.60 bits per heavy atom. The monoisotopic (exact) mass is 412 g/mol. The summed E-state index contributed by atoms with van der Waals surface area (Å²) in [5.41, 5.74) is 2.19. The van der Waals surface area contributed by atoms with Gasteiger partial charge in [-0.25, -0.2) is 0 Å². The minimum atomic E-state index is -0.131. The van der Waals surface area contributed by atoms with E-state index in [2.05, 4.69) is 23.9 Å². The zero-order valence-corrected chi connectivity index (χ0v) is 18.6. The molecule has 6 nitrogen and oxygen atoms in total. The van der Waals surface area contributed by atoms with Crippen LogP contribution in [-0.4, -0.2) is 40.5 Å². The van der Waals surface area contributed by atoms with Gasteiger partial charge in [-0.2, -0.15) is 0 Å². The van der Waals surface area contributed by atoms with E-state index in [1.165, 1.54) is 0 Å². The molecule has 1 saturated heterocycles. The third-order valence-electron chi connectivity index (χ3n) is 6.60. The predicted octanol–water partition coefficient (Wildman–Crippen LogP) is 4.07. The summed E-state index contributed by atoms with van der Waals surface area (Å²) in [4.78, 5) is 41.0. The van der Waals surface area contributed by atoms with E-state index in [-0.39, 0.29) is 34.6 Å². The smallest absolute Gasteiger partial charge is 0.168 e. The number of hydrogen-bond donors (Lipinski definition) is 0. The van der Waals surface area contributed by atoms with Crippen molar-refractivity contribution in [2.75, 3.05) is 13.1 Å². The Bertz CT molecular complexity index is 929. The topological polar surface area (TPSA) is 80.5 Å². The number of aromatic nitrogens is 1. The van der Waals surface area contributed by atoms with Crippen LogP contribution >= 0.6 is 0 Å². The van der Waals surface area contributed by atoms with E-state index in [9.17, 15) is 14.4 Å². The molecule has 1 aromatic rings. The van der Waals surface area contributed by atoms with Gasteiger partial charge in [0.25, 0.3) is 0 Å². The van der Waals surface area contributed by atoms with Crippen LogP contribution in [0, 0.1) is 10.8 Å². The molecule has 0 unspecified atom stereocenters. The number of nitrogens with zero attached hydrogens (tertiary/aromatic N) is 2. The van der Waals surface area contributed by atoms with Crippen molar-refractivity contribution in [1.82, 2.24) is 10.1 Å². The summed E-state index contributed by atoms with van der Waals surface area (Å²) < 4.78 is 5.45. The van der Waals surface area contributed by atoms with E-state index >= 15 is 0 Å². The van der Waals surface area contributed by atoms with Crippen molar-refractivity contribution in [2.24, 2.45) is 10.8 Å². The Hall–Kier alpha value is -2.24. The van der Waals surface area contributed by atoms with Crippen LogP contribution in [0.2, 0.25) is 0 Å². The molecule has 4 rings (SSSR count). The molecule has 30 heavy (non-hydrogen) atoms. The summed E-state index contributed by atoms with van der Waals surface area (Å²) in [6.07, 6.45) is 5.00. The molecular formula is C24H32N2O4. The number of rotatable bonds is 5. The van der Waals surface area contributed by atoms with Gasteiger partial charge in [-0.1, -0.05) is 32.9 Å². The normalized spacial score (nSPS) is 23.1. The molecule has 0 radical (unpaired) electrons. The average molecular weight is 413 g/mol. The van der Waals surface area contributed by atoms with Crippen molar-refractivity contribution in [2.45, 2.75) is 79.1 Å². The summed E-state index contributed by atoms with van der Waals surface area (Å²) in [5, 5.41) is 4.11. The van der Waals surface area contributed by atoms with Crippen molar-refractivity contribution in [3.8, 4) is 0 Å². The zero-order valence-electron chi connectivity index (χ0n) is 18.6. The van der Waals surface area contributed by atoms with Crippen molar-refractivity contribution in [1.29, 1.82) is 0 Å². The number of Topliss-reactive ketones (excluding diaryl/α,β-unsaturated/α-hetero) is 3. The van der Waals surface area contributed by atoms with Gasteiger partial charge in [0.1, 0.15) is 5.76 Å². The van der Waals surface area contributed by atoms with Gasteiger partial charge in [0, 0.05) is 50.9 Å². The quantitative estimate of drug-likeness (QED) is 0.678. The van der Waals surface area contributed by atoms with Crippen molar-refractivity contribution >= 4 is 17.3 Å². The highest BCUT2D eigenvalue weighted by molar-refractivity contribution is 6.21. The maximum Gasteiger partial charge on any atom is 0.168 e. The minimum Gasteiger partial charge on any atom is -0.374 e. The minimum absolute atomic E-state index is 0.0393. The Kier molecular flexibility index (Phi) is 5.23. The van der Waals surface area contributed by atoms with Crippen LogP contribution in [0.5, 0.6) is 0 Å². The highest BCUT2D eigenvalue weighted by Gasteiger charge is 2.39. The molecule has 1 fully saturated rings. The van der Waals surface area contributed by atoms with E-state index in [1.807, 2.05) is 13.8 Å². The van der Waals surface area contributed by atoms with E-state index in [1.54, 1.807) is 0 Å². The maximum absolute atomic E-state index is 13.2. The third kappa shape index (κ3) is 4.01. The highest BCUT2D eigenvalue weighted by atomic mass is 16.5. The molecule has 3 aliphatic rings. The molecule has 0 atom stereocenters. The molecule has 0 N–H and O–H groups in total. The molecule has 1 aromatic heterocycles. The Labute approximate surface area is 178 Å². The molecule has 0 bridgehead atoms. The van der Waals surface area contributed by atoms with Gasteiger partial charge in [0.2, 0.25) is 0 Å². The molecule has 2 aliphatic carbocycles. The third-order valence-corrected chi connectivity index (χ3v) is 6.60. The fourth-order valence-corrected chi connectivity index (χ4v) is 5.21. The summed E-state index contributed by atoms with van der Waals surface area (Å²) in [6.45, 7) is 10.1. The second-order valence-corrected chi connectivity index (χ2v) is 10.7. The first-order chi connectivity index (χ1) is 14.1. The second-order valence-electron chi connectivity index (χ2n) is 10.7. The molecule has 1 aliphatic heterocycles. The lowest BCUT2D eigenvalue weighted by molar-refractivity contribution is -0.123. The molecule has 0 amide bonds. The van der Waals surface area contributed by atoms with Crippen molar-refractivity contribution in [3.63, 3.8) is 0 Å². The number of carbonyl (C=O) groups excluding carboxylic acids is 3. The fourth-order valence-electron chi connectivity index (χ4n) is 5.21. The van der Waals surface area contributed by atoms with Gasteiger partial charge < -0.3 is 9.42 Å². The van der Waals surface area contributed by atoms with Crippen LogP contribution < -0.4 is 0 Å². The first-order valence-corrected chi connectivity index (χ1v) is 11.1. The largest absolute Gasteiger partial charge is 0.374 e. The molecular weight excluding hydrogens is 380 g/mol. The SMILES string of the molecule is CC1(C)CC(=O)C(C(=O)CCc2noc3c2C(=O)CC(C)(C)C3)=C(N2CCCC2)C1. The Morgan fingerprint density at radius 1 is 0.967 bits per heavy atom. The number of aryl methyl sites for hydroxylation is 1. The summed E-state index contributed by atoms with van der Waals surface area (Å²) in [7, 11) is 0. The van der Waals surface area contributed by atoms with Crippen molar-refractivity contribution in [3.05, 3.63) is 28.3 Å². The van der Waals surface area contributed by atoms with Gasteiger partial charge >= 0.3 is 0 Å². The second kappa shape index (κ2) is 7.47. The van der Waals surface area contributed by atoms with Crippen LogP contribution in [-0.2, 0) is 22.4 Å². The Balaban J connectivity index is 1.56. The average Bonchev–Trinajstić information content (AvgIpc) is 3.27.